The summed E-state index contributed by atoms with van der Waals surface area (Å²) in [7, 11) is 0. The molecule has 3 heteroatoms. The molecule has 0 saturated heterocycles. The third-order valence-electron chi connectivity index (χ3n) is 4.01. The van der Waals surface area contributed by atoms with Crippen LogP contribution in [-0.4, -0.2) is 4.98 Å². The van der Waals surface area contributed by atoms with E-state index in [-0.39, 0.29) is 11.2 Å². The zero-order valence-corrected chi connectivity index (χ0v) is 13.2. The van der Waals surface area contributed by atoms with Gasteiger partial charge < -0.3 is 5.73 Å². The first-order valence-corrected chi connectivity index (χ1v) is 7.29. The van der Waals surface area contributed by atoms with Crippen molar-refractivity contribution in [2.75, 3.05) is 0 Å². The van der Waals surface area contributed by atoms with Gasteiger partial charge in [-0.25, -0.2) is 4.39 Å². The first-order chi connectivity index (χ1) is 9.77. The minimum absolute atomic E-state index is 0.107. The number of aromatic nitrogens is 1. The molecule has 2 nitrogen and oxygen atoms in total. The zero-order valence-electron chi connectivity index (χ0n) is 13.2. The quantitative estimate of drug-likeness (QED) is 0.921. The first kappa shape index (κ1) is 15.6. The van der Waals surface area contributed by atoms with Crippen LogP contribution in [0, 0.1) is 5.82 Å². The summed E-state index contributed by atoms with van der Waals surface area (Å²) in [5.74, 6) is -0.347. The summed E-state index contributed by atoms with van der Waals surface area (Å²) in [5.41, 5.74) is 8.93. The minimum atomic E-state index is -0.690. The molecule has 0 saturated carbocycles. The summed E-state index contributed by atoms with van der Waals surface area (Å²) in [6.07, 6.45) is 1.91. The van der Waals surface area contributed by atoms with Crippen LogP contribution < -0.4 is 5.73 Å². The van der Waals surface area contributed by atoms with Crippen molar-refractivity contribution in [2.45, 2.75) is 45.1 Å². The lowest BCUT2D eigenvalue weighted by Gasteiger charge is -2.29. The Kier molecular flexibility index (Phi) is 4.15. The summed E-state index contributed by atoms with van der Waals surface area (Å²) in [5, 5.41) is 0. The molecule has 0 spiro atoms. The second kappa shape index (κ2) is 5.57. The molecular formula is C18H23FN2. The maximum Gasteiger partial charge on any atom is 0.141 e. The van der Waals surface area contributed by atoms with E-state index in [0.29, 0.717) is 12.1 Å². The van der Waals surface area contributed by atoms with Gasteiger partial charge in [-0.1, -0.05) is 52.0 Å². The molecule has 0 aliphatic carbocycles. The van der Waals surface area contributed by atoms with Gasteiger partial charge in [0.2, 0.25) is 0 Å². The van der Waals surface area contributed by atoms with Crippen molar-refractivity contribution >= 4 is 0 Å². The van der Waals surface area contributed by atoms with Gasteiger partial charge in [-0.15, -0.1) is 0 Å². The van der Waals surface area contributed by atoms with Gasteiger partial charge in [0.1, 0.15) is 5.82 Å². The Morgan fingerprint density at radius 1 is 1.00 bits per heavy atom. The summed E-state index contributed by atoms with van der Waals surface area (Å²) in [6, 6.07) is 11.4. The maximum absolute atomic E-state index is 13.1. The topological polar surface area (TPSA) is 38.9 Å². The van der Waals surface area contributed by atoms with Crippen molar-refractivity contribution < 1.29 is 4.39 Å². The van der Waals surface area contributed by atoms with E-state index in [1.54, 1.807) is 6.07 Å². The first-order valence-electron chi connectivity index (χ1n) is 7.29. The fourth-order valence-electron chi connectivity index (χ4n) is 2.44. The van der Waals surface area contributed by atoms with Crippen LogP contribution in [0.15, 0.2) is 42.6 Å². The third-order valence-corrected chi connectivity index (χ3v) is 4.01. The number of nitrogens with zero attached hydrogens (tertiary/aromatic N) is 1. The average molecular weight is 286 g/mol. The maximum atomic E-state index is 13.1. The van der Waals surface area contributed by atoms with E-state index >= 15 is 0 Å². The Labute approximate surface area is 126 Å². The number of benzene rings is 1. The molecule has 112 valence electrons. The Morgan fingerprint density at radius 2 is 1.57 bits per heavy atom. The van der Waals surface area contributed by atoms with Crippen molar-refractivity contribution in [1.29, 1.82) is 0 Å². The summed E-state index contributed by atoms with van der Waals surface area (Å²) in [6.45, 7) is 8.56. The lowest BCUT2D eigenvalue weighted by atomic mass is 9.81. The fourth-order valence-corrected chi connectivity index (χ4v) is 2.44. The molecular weight excluding hydrogens is 263 g/mol. The molecule has 1 atom stereocenters. The highest BCUT2D eigenvalue weighted by Gasteiger charge is 2.29. The molecule has 0 radical (unpaired) electrons. The lowest BCUT2D eigenvalue weighted by molar-refractivity contribution is 0.497. The number of nitrogens with two attached hydrogens (primary N) is 1. The van der Waals surface area contributed by atoms with Crippen molar-refractivity contribution in [2.24, 2.45) is 5.73 Å². The van der Waals surface area contributed by atoms with Crippen LogP contribution in [0.2, 0.25) is 0 Å². The molecule has 1 aromatic heterocycles. The molecule has 0 aliphatic heterocycles. The second-order valence-electron chi connectivity index (χ2n) is 6.51. The smallest absolute Gasteiger partial charge is 0.141 e. The predicted octanol–water partition coefficient (Wildman–Crippen LogP) is 4.13. The highest BCUT2D eigenvalue weighted by Crippen LogP contribution is 2.31. The Hall–Kier alpha value is -1.74. The molecule has 0 bridgehead atoms. The average Bonchev–Trinajstić information content (AvgIpc) is 2.46. The normalized spacial score (nSPS) is 14.8. The number of hydrogen-bond acceptors (Lipinski definition) is 2. The van der Waals surface area contributed by atoms with Crippen LogP contribution in [0.5, 0.6) is 0 Å². The van der Waals surface area contributed by atoms with Gasteiger partial charge in [-0.3, -0.25) is 4.98 Å². The Balaban J connectivity index is 2.43. The molecule has 0 amide bonds. The summed E-state index contributed by atoms with van der Waals surface area (Å²) < 4.78 is 13.1. The second-order valence-corrected chi connectivity index (χ2v) is 6.51. The van der Waals surface area contributed by atoms with Crippen molar-refractivity contribution in [3.63, 3.8) is 0 Å². The highest BCUT2D eigenvalue weighted by atomic mass is 19.1. The SMILES string of the molecule is CCC(N)(c1ccc(C(C)(C)C)cc1)c1ccc(F)cn1. The number of halogens is 1. The van der Waals surface area contributed by atoms with Crippen LogP contribution in [0.25, 0.3) is 0 Å². The van der Waals surface area contributed by atoms with Crippen LogP contribution in [0.3, 0.4) is 0 Å². The molecule has 0 aliphatic rings. The predicted molar refractivity (Wildman–Crippen MR) is 84.6 cm³/mol. The molecule has 2 aromatic rings. The van der Waals surface area contributed by atoms with Gasteiger partial charge in [0.25, 0.3) is 0 Å². The number of pyridine rings is 1. The van der Waals surface area contributed by atoms with E-state index in [9.17, 15) is 4.39 Å². The largest absolute Gasteiger partial charge is 0.316 e. The van der Waals surface area contributed by atoms with Crippen molar-refractivity contribution in [1.82, 2.24) is 4.98 Å². The molecule has 2 rings (SSSR count). The van der Waals surface area contributed by atoms with Gasteiger partial charge in [-0.2, -0.15) is 0 Å². The Bertz CT molecular complexity index is 597. The van der Waals surface area contributed by atoms with Gasteiger partial charge in [0, 0.05) is 0 Å². The zero-order chi connectivity index (χ0) is 15.7. The van der Waals surface area contributed by atoms with Crippen LogP contribution in [-0.2, 0) is 11.0 Å². The van der Waals surface area contributed by atoms with E-state index in [4.69, 9.17) is 5.73 Å². The van der Waals surface area contributed by atoms with Gasteiger partial charge in [0.05, 0.1) is 17.4 Å². The van der Waals surface area contributed by atoms with E-state index in [0.717, 1.165) is 5.56 Å². The highest BCUT2D eigenvalue weighted by molar-refractivity contribution is 5.37. The monoisotopic (exact) mass is 286 g/mol. The van der Waals surface area contributed by atoms with E-state index in [2.05, 4.69) is 50.0 Å². The molecule has 1 unspecified atom stereocenters. The summed E-state index contributed by atoms with van der Waals surface area (Å²) >= 11 is 0. The van der Waals surface area contributed by atoms with Crippen molar-refractivity contribution in [3.05, 3.63) is 65.2 Å². The van der Waals surface area contributed by atoms with E-state index in [1.807, 2.05) is 6.92 Å². The third kappa shape index (κ3) is 3.13. The standard InChI is InChI=1S/C18H23FN2/c1-5-18(20,16-11-10-15(19)12-21-16)14-8-6-13(7-9-14)17(2,3)4/h6-12H,5,20H2,1-4H3. The van der Waals surface area contributed by atoms with Crippen LogP contribution >= 0.6 is 0 Å². The number of hydrogen-bond donors (Lipinski definition) is 1. The van der Waals surface area contributed by atoms with Gasteiger partial charge in [0.15, 0.2) is 0 Å². The minimum Gasteiger partial charge on any atom is -0.316 e. The van der Waals surface area contributed by atoms with Gasteiger partial charge >= 0.3 is 0 Å². The molecule has 2 N–H and O–H groups in total. The molecule has 21 heavy (non-hydrogen) atoms. The Morgan fingerprint density at radius 3 is 2.00 bits per heavy atom. The van der Waals surface area contributed by atoms with Crippen LogP contribution in [0.4, 0.5) is 4.39 Å². The van der Waals surface area contributed by atoms with Crippen molar-refractivity contribution in [3.8, 4) is 0 Å². The summed E-state index contributed by atoms with van der Waals surface area (Å²) in [4.78, 5) is 4.17. The van der Waals surface area contributed by atoms with E-state index in [1.165, 1.54) is 17.8 Å². The van der Waals surface area contributed by atoms with E-state index < -0.39 is 5.54 Å². The molecule has 0 fully saturated rings. The van der Waals surface area contributed by atoms with Gasteiger partial charge in [-0.05, 0) is 35.1 Å². The lowest BCUT2D eigenvalue weighted by Crippen LogP contribution is -2.38. The number of rotatable bonds is 3. The molecule has 1 aromatic carbocycles. The van der Waals surface area contributed by atoms with Crippen LogP contribution in [0.1, 0.15) is 50.9 Å². The fraction of sp³-hybridized carbons (Fsp3) is 0.389. The molecule has 1 heterocycles.